The van der Waals surface area contributed by atoms with Gasteiger partial charge in [0.2, 0.25) is 0 Å². The number of anilines is 1. The molecule has 1 saturated heterocycles. The van der Waals surface area contributed by atoms with E-state index in [-0.39, 0.29) is 16.7 Å². The highest BCUT2D eigenvalue weighted by molar-refractivity contribution is 6.32. The second kappa shape index (κ2) is 6.88. The van der Waals surface area contributed by atoms with Gasteiger partial charge in [-0.15, -0.1) is 0 Å². The molecule has 0 aliphatic carbocycles. The second-order valence-corrected chi connectivity index (χ2v) is 4.82. The van der Waals surface area contributed by atoms with E-state index in [0.29, 0.717) is 25.4 Å². The predicted molar refractivity (Wildman–Crippen MR) is 72.8 cm³/mol. The highest BCUT2D eigenvalue weighted by Gasteiger charge is 2.15. The molecule has 0 radical (unpaired) electrons. The third-order valence-electron chi connectivity index (χ3n) is 2.97. The molecule has 1 atom stereocenters. The van der Waals surface area contributed by atoms with Gasteiger partial charge in [-0.05, 0) is 12.8 Å². The van der Waals surface area contributed by atoms with Gasteiger partial charge in [0.15, 0.2) is 0 Å². The lowest BCUT2D eigenvalue weighted by Crippen LogP contribution is -2.22. The zero-order valence-electron chi connectivity index (χ0n) is 10.9. The molecule has 1 aliphatic rings. The van der Waals surface area contributed by atoms with Crippen molar-refractivity contribution >= 4 is 17.3 Å². The fraction of sp³-hybridized carbons (Fsp3) is 0.667. The second-order valence-electron chi connectivity index (χ2n) is 4.44. The maximum absolute atomic E-state index is 11.5. The minimum Gasteiger partial charge on any atom is -0.380 e. The van der Waals surface area contributed by atoms with Crippen molar-refractivity contribution in [2.45, 2.75) is 18.9 Å². The molecule has 1 aromatic heterocycles. The van der Waals surface area contributed by atoms with Gasteiger partial charge in [0.25, 0.3) is 5.56 Å². The first-order valence-corrected chi connectivity index (χ1v) is 6.71. The first-order valence-electron chi connectivity index (χ1n) is 6.33. The molecule has 106 valence electrons. The van der Waals surface area contributed by atoms with Crippen molar-refractivity contribution in [3.8, 4) is 0 Å². The fourth-order valence-corrected chi connectivity index (χ4v) is 2.12. The Bertz CT molecular complexity index is 472. The Hall–Kier alpha value is -1.11. The van der Waals surface area contributed by atoms with E-state index in [1.165, 1.54) is 10.9 Å². The Balaban J connectivity index is 1.70. The lowest BCUT2D eigenvalue weighted by Gasteiger charge is -2.11. The summed E-state index contributed by atoms with van der Waals surface area (Å²) >= 11 is 5.92. The summed E-state index contributed by atoms with van der Waals surface area (Å²) in [6.45, 7) is 2.55. The number of aryl methyl sites for hydroxylation is 1. The highest BCUT2D eigenvalue weighted by Crippen LogP contribution is 2.14. The summed E-state index contributed by atoms with van der Waals surface area (Å²) in [5.41, 5.74) is 0.220. The summed E-state index contributed by atoms with van der Waals surface area (Å²) in [4.78, 5) is 11.5. The van der Waals surface area contributed by atoms with Crippen LogP contribution in [0.5, 0.6) is 0 Å². The van der Waals surface area contributed by atoms with E-state index in [9.17, 15) is 4.79 Å². The average molecular weight is 288 g/mol. The number of nitrogens with one attached hydrogen (secondary N) is 1. The van der Waals surface area contributed by atoms with Crippen LogP contribution in [0, 0.1) is 0 Å². The molecule has 6 nitrogen and oxygen atoms in total. The number of rotatable bonds is 6. The SMILES string of the molecule is Cn1ncc(NCCOCC2CCCO2)c(Cl)c1=O. The zero-order valence-corrected chi connectivity index (χ0v) is 11.7. The van der Waals surface area contributed by atoms with Crippen LogP contribution in [-0.2, 0) is 16.5 Å². The Labute approximate surface area is 116 Å². The summed E-state index contributed by atoms with van der Waals surface area (Å²) in [5, 5.41) is 7.08. The topological polar surface area (TPSA) is 65.4 Å². The van der Waals surface area contributed by atoms with Crippen LogP contribution in [0.25, 0.3) is 0 Å². The van der Waals surface area contributed by atoms with Crippen molar-refractivity contribution in [1.29, 1.82) is 0 Å². The third kappa shape index (κ3) is 3.92. The molecule has 0 bridgehead atoms. The molecule has 1 aliphatic heterocycles. The minimum atomic E-state index is -0.313. The van der Waals surface area contributed by atoms with Crippen LogP contribution in [0.1, 0.15) is 12.8 Å². The first-order chi connectivity index (χ1) is 9.18. The van der Waals surface area contributed by atoms with E-state index in [1.54, 1.807) is 7.05 Å². The van der Waals surface area contributed by atoms with E-state index in [0.717, 1.165) is 19.4 Å². The Morgan fingerprint density at radius 3 is 3.26 bits per heavy atom. The molecule has 1 aromatic rings. The smallest absolute Gasteiger partial charge is 0.287 e. The van der Waals surface area contributed by atoms with Crippen molar-refractivity contribution in [2.75, 3.05) is 31.7 Å². The van der Waals surface area contributed by atoms with Crippen LogP contribution in [0.4, 0.5) is 5.69 Å². The van der Waals surface area contributed by atoms with Crippen molar-refractivity contribution in [3.63, 3.8) is 0 Å². The summed E-state index contributed by atoms with van der Waals surface area (Å²) in [5.74, 6) is 0. The van der Waals surface area contributed by atoms with Crippen molar-refractivity contribution in [1.82, 2.24) is 9.78 Å². The highest BCUT2D eigenvalue weighted by atomic mass is 35.5. The summed E-state index contributed by atoms with van der Waals surface area (Å²) in [7, 11) is 1.56. The minimum absolute atomic E-state index is 0.150. The van der Waals surface area contributed by atoms with Crippen LogP contribution < -0.4 is 10.9 Å². The molecule has 2 heterocycles. The van der Waals surface area contributed by atoms with Crippen LogP contribution >= 0.6 is 11.6 Å². The van der Waals surface area contributed by atoms with E-state index < -0.39 is 0 Å². The van der Waals surface area contributed by atoms with Gasteiger partial charge < -0.3 is 14.8 Å². The third-order valence-corrected chi connectivity index (χ3v) is 3.33. The van der Waals surface area contributed by atoms with Gasteiger partial charge in [0, 0.05) is 20.2 Å². The maximum Gasteiger partial charge on any atom is 0.287 e. The van der Waals surface area contributed by atoms with Gasteiger partial charge in [-0.2, -0.15) is 5.10 Å². The van der Waals surface area contributed by atoms with Crippen LogP contribution in [-0.4, -0.2) is 42.2 Å². The van der Waals surface area contributed by atoms with Crippen LogP contribution in [0.15, 0.2) is 11.0 Å². The average Bonchev–Trinajstić information content (AvgIpc) is 2.91. The number of halogens is 1. The number of hydrogen-bond acceptors (Lipinski definition) is 5. The molecule has 2 rings (SSSR count). The lowest BCUT2D eigenvalue weighted by molar-refractivity contribution is 0.0206. The number of nitrogens with zero attached hydrogens (tertiary/aromatic N) is 2. The molecule has 0 saturated carbocycles. The quantitative estimate of drug-likeness (QED) is 0.792. The van der Waals surface area contributed by atoms with E-state index in [1.807, 2.05) is 0 Å². The molecule has 0 aromatic carbocycles. The monoisotopic (exact) mass is 287 g/mol. The number of ether oxygens (including phenoxy) is 2. The Kier molecular flexibility index (Phi) is 5.18. The normalized spacial score (nSPS) is 18.7. The van der Waals surface area contributed by atoms with Crippen molar-refractivity contribution in [2.24, 2.45) is 7.05 Å². The molecule has 0 spiro atoms. The largest absolute Gasteiger partial charge is 0.380 e. The van der Waals surface area contributed by atoms with Gasteiger partial charge in [0.1, 0.15) is 5.02 Å². The first kappa shape index (κ1) is 14.3. The predicted octanol–water partition coefficient (Wildman–Crippen LogP) is 1.04. The maximum atomic E-state index is 11.5. The van der Waals surface area contributed by atoms with E-state index in [2.05, 4.69) is 10.4 Å². The number of hydrogen-bond donors (Lipinski definition) is 1. The molecule has 19 heavy (non-hydrogen) atoms. The Morgan fingerprint density at radius 2 is 2.53 bits per heavy atom. The zero-order chi connectivity index (χ0) is 13.7. The molecule has 1 unspecified atom stereocenters. The van der Waals surface area contributed by atoms with E-state index >= 15 is 0 Å². The summed E-state index contributed by atoms with van der Waals surface area (Å²) in [6, 6.07) is 0. The fourth-order valence-electron chi connectivity index (χ4n) is 1.88. The molecular formula is C12H18ClN3O3. The number of aromatic nitrogens is 2. The van der Waals surface area contributed by atoms with Gasteiger partial charge in [-0.25, -0.2) is 4.68 Å². The van der Waals surface area contributed by atoms with Crippen molar-refractivity contribution < 1.29 is 9.47 Å². The molecule has 7 heteroatoms. The standard InChI is InChI=1S/C12H18ClN3O3/c1-16-12(17)11(13)10(7-15-16)14-4-6-18-8-9-3-2-5-19-9/h7,9,14H,2-6,8H2,1H3. The molecular weight excluding hydrogens is 270 g/mol. The van der Waals surface area contributed by atoms with E-state index in [4.69, 9.17) is 21.1 Å². The van der Waals surface area contributed by atoms with Crippen molar-refractivity contribution in [3.05, 3.63) is 21.6 Å². The van der Waals surface area contributed by atoms with Crippen LogP contribution in [0.2, 0.25) is 5.02 Å². The molecule has 1 N–H and O–H groups in total. The molecule has 1 fully saturated rings. The van der Waals surface area contributed by atoms with Gasteiger partial charge in [-0.1, -0.05) is 11.6 Å². The van der Waals surface area contributed by atoms with Gasteiger partial charge in [0.05, 0.1) is 31.2 Å². The lowest BCUT2D eigenvalue weighted by atomic mass is 10.2. The Morgan fingerprint density at radius 1 is 1.68 bits per heavy atom. The summed E-state index contributed by atoms with van der Waals surface area (Å²) < 4.78 is 12.1. The summed E-state index contributed by atoms with van der Waals surface area (Å²) in [6.07, 6.45) is 3.94. The molecule has 0 amide bonds. The van der Waals surface area contributed by atoms with Crippen LogP contribution in [0.3, 0.4) is 0 Å². The van der Waals surface area contributed by atoms with Gasteiger partial charge >= 0.3 is 0 Å². The van der Waals surface area contributed by atoms with Gasteiger partial charge in [-0.3, -0.25) is 4.79 Å².